The fraction of sp³-hybridized carbons (Fsp3) is 0.917. The van der Waals surface area contributed by atoms with Crippen LogP contribution >= 0.6 is 0 Å². The van der Waals surface area contributed by atoms with Crippen molar-refractivity contribution in [2.75, 3.05) is 6.61 Å². The number of nitrogens with two attached hydrogens (primary N) is 1. The summed E-state index contributed by atoms with van der Waals surface area (Å²) in [5.74, 6) is 0.0291. The van der Waals surface area contributed by atoms with Gasteiger partial charge in [-0.15, -0.1) is 0 Å². The van der Waals surface area contributed by atoms with Crippen molar-refractivity contribution in [1.82, 2.24) is 5.32 Å². The lowest BCUT2D eigenvalue weighted by Crippen LogP contribution is -2.61. The summed E-state index contributed by atoms with van der Waals surface area (Å²) in [5.41, 5.74) is 5.28. The van der Waals surface area contributed by atoms with Crippen molar-refractivity contribution >= 4 is 5.91 Å². The molecule has 1 heterocycles. The van der Waals surface area contributed by atoms with Gasteiger partial charge in [-0.2, -0.15) is 0 Å². The Labute approximate surface area is 96.9 Å². The molecule has 4 nitrogen and oxygen atoms in total. The van der Waals surface area contributed by atoms with Gasteiger partial charge in [0.25, 0.3) is 0 Å². The Morgan fingerprint density at radius 1 is 1.44 bits per heavy atom. The van der Waals surface area contributed by atoms with Gasteiger partial charge >= 0.3 is 0 Å². The monoisotopic (exact) mass is 226 g/mol. The first-order chi connectivity index (χ1) is 7.41. The fourth-order valence-electron chi connectivity index (χ4n) is 2.47. The summed E-state index contributed by atoms with van der Waals surface area (Å²) in [6.45, 7) is 4.84. The van der Waals surface area contributed by atoms with Crippen LogP contribution in [-0.2, 0) is 9.53 Å². The van der Waals surface area contributed by atoms with E-state index < -0.39 is 5.54 Å². The maximum Gasteiger partial charge on any atom is 0.240 e. The summed E-state index contributed by atoms with van der Waals surface area (Å²) in [6, 6.07) is 0.220. The number of hydrogen-bond acceptors (Lipinski definition) is 3. The zero-order valence-corrected chi connectivity index (χ0v) is 10.2. The number of ether oxygens (including phenoxy) is 1. The van der Waals surface area contributed by atoms with E-state index in [1.807, 2.05) is 0 Å². The molecule has 0 spiro atoms. The number of carbonyl (C=O) groups is 1. The summed E-state index contributed by atoms with van der Waals surface area (Å²) in [5, 5.41) is 3.07. The maximum atomic E-state index is 11.9. The molecular formula is C12H22N2O2. The normalized spacial score (nSPS) is 31.6. The summed E-state index contributed by atoms with van der Waals surface area (Å²) in [4.78, 5) is 11.9. The molecule has 1 saturated carbocycles. The zero-order chi connectivity index (χ0) is 11.8. The molecule has 0 aromatic carbocycles. The van der Waals surface area contributed by atoms with Gasteiger partial charge in [-0.25, -0.2) is 0 Å². The first kappa shape index (κ1) is 11.9. The zero-order valence-electron chi connectivity index (χ0n) is 10.2. The van der Waals surface area contributed by atoms with E-state index in [9.17, 15) is 4.79 Å². The third-order valence-corrected chi connectivity index (χ3v) is 3.73. The van der Waals surface area contributed by atoms with Crippen LogP contribution in [0.1, 0.15) is 46.0 Å². The molecule has 3 N–H and O–H groups in total. The third kappa shape index (κ3) is 2.38. The summed E-state index contributed by atoms with van der Waals surface area (Å²) >= 11 is 0. The molecule has 0 aromatic heterocycles. The third-order valence-electron chi connectivity index (χ3n) is 3.73. The van der Waals surface area contributed by atoms with E-state index in [0.717, 1.165) is 38.7 Å². The first-order valence-corrected chi connectivity index (χ1v) is 6.15. The molecule has 1 unspecified atom stereocenters. The lowest BCUT2D eigenvalue weighted by Gasteiger charge is -2.40. The second-order valence-electron chi connectivity index (χ2n) is 5.78. The number of hydrogen-bond donors (Lipinski definition) is 2. The van der Waals surface area contributed by atoms with Crippen molar-refractivity contribution in [3.8, 4) is 0 Å². The molecule has 1 atom stereocenters. The number of carbonyl (C=O) groups excluding carboxylic acids is 1. The Hall–Kier alpha value is -0.610. The van der Waals surface area contributed by atoms with Gasteiger partial charge in [-0.1, -0.05) is 0 Å². The van der Waals surface area contributed by atoms with Crippen LogP contribution in [0.25, 0.3) is 0 Å². The second kappa shape index (κ2) is 4.00. The van der Waals surface area contributed by atoms with Gasteiger partial charge in [0, 0.05) is 12.6 Å². The van der Waals surface area contributed by atoms with E-state index in [1.54, 1.807) is 0 Å². The van der Waals surface area contributed by atoms with E-state index in [4.69, 9.17) is 10.5 Å². The average molecular weight is 226 g/mol. The van der Waals surface area contributed by atoms with Crippen molar-refractivity contribution in [3.05, 3.63) is 0 Å². The van der Waals surface area contributed by atoms with Gasteiger partial charge in [0.05, 0.1) is 11.1 Å². The van der Waals surface area contributed by atoms with Crippen LogP contribution in [0.15, 0.2) is 0 Å². The minimum absolute atomic E-state index is 0.0291. The lowest BCUT2D eigenvalue weighted by atomic mass is 9.76. The quantitative estimate of drug-likeness (QED) is 0.736. The summed E-state index contributed by atoms with van der Waals surface area (Å²) in [6.07, 6.45) is 4.49. The molecule has 1 aliphatic heterocycles. The Morgan fingerprint density at radius 3 is 2.62 bits per heavy atom. The van der Waals surface area contributed by atoms with Crippen LogP contribution in [0.3, 0.4) is 0 Å². The molecule has 0 radical (unpaired) electrons. The molecule has 0 aromatic rings. The molecule has 1 aliphatic carbocycles. The predicted octanol–water partition coefficient (Wildman–Crippen LogP) is 0.942. The summed E-state index contributed by atoms with van der Waals surface area (Å²) in [7, 11) is 0. The molecule has 1 amide bonds. The molecular weight excluding hydrogens is 204 g/mol. The molecule has 1 saturated heterocycles. The Kier molecular flexibility index (Phi) is 2.97. The van der Waals surface area contributed by atoms with Crippen molar-refractivity contribution in [2.45, 2.75) is 63.1 Å². The molecule has 0 bridgehead atoms. The number of amides is 1. The minimum atomic E-state index is -0.581. The van der Waals surface area contributed by atoms with Gasteiger partial charge in [0.1, 0.15) is 0 Å². The van der Waals surface area contributed by atoms with Crippen molar-refractivity contribution in [1.29, 1.82) is 0 Å². The van der Waals surface area contributed by atoms with Crippen LogP contribution < -0.4 is 11.1 Å². The standard InChI is InChI=1S/C12H22N2O2/c1-11(2)8-9(4-7-16-11)14-10(15)12(13)5-3-6-12/h9H,3-8,13H2,1-2H3,(H,14,15). The predicted molar refractivity (Wildman–Crippen MR) is 62.0 cm³/mol. The smallest absolute Gasteiger partial charge is 0.240 e. The van der Waals surface area contributed by atoms with E-state index in [1.165, 1.54) is 0 Å². The maximum absolute atomic E-state index is 11.9. The Balaban J connectivity index is 1.87. The highest BCUT2D eigenvalue weighted by Gasteiger charge is 2.41. The van der Waals surface area contributed by atoms with Crippen LogP contribution in [0.4, 0.5) is 0 Å². The van der Waals surface area contributed by atoms with Gasteiger partial charge < -0.3 is 15.8 Å². The van der Waals surface area contributed by atoms with E-state index in [2.05, 4.69) is 19.2 Å². The van der Waals surface area contributed by atoms with Gasteiger partial charge in [0.15, 0.2) is 0 Å². The van der Waals surface area contributed by atoms with E-state index in [0.29, 0.717) is 0 Å². The van der Waals surface area contributed by atoms with E-state index >= 15 is 0 Å². The molecule has 2 aliphatic rings. The number of nitrogens with one attached hydrogen (secondary N) is 1. The topological polar surface area (TPSA) is 64.4 Å². The minimum Gasteiger partial charge on any atom is -0.375 e. The fourth-order valence-corrected chi connectivity index (χ4v) is 2.47. The van der Waals surface area contributed by atoms with Gasteiger partial charge in [-0.3, -0.25) is 4.79 Å². The molecule has 4 heteroatoms. The number of rotatable bonds is 2. The van der Waals surface area contributed by atoms with E-state index in [-0.39, 0.29) is 17.6 Å². The molecule has 16 heavy (non-hydrogen) atoms. The van der Waals surface area contributed by atoms with Crippen molar-refractivity contribution < 1.29 is 9.53 Å². The van der Waals surface area contributed by atoms with Crippen LogP contribution in [0.2, 0.25) is 0 Å². The average Bonchev–Trinajstić information content (AvgIpc) is 2.12. The largest absolute Gasteiger partial charge is 0.375 e. The SMILES string of the molecule is CC1(C)CC(NC(=O)C2(N)CCC2)CCO1. The highest BCUT2D eigenvalue weighted by molar-refractivity contribution is 5.87. The molecule has 2 rings (SSSR count). The lowest BCUT2D eigenvalue weighted by molar-refractivity contribution is -0.132. The highest BCUT2D eigenvalue weighted by Crippen LogP contribution is 2.30. The van der Waals surface area contributed by atoms with Crippen molar-refractivity contribution in [3.63, 3.8) is 0 Å². The Bertz CT molecular complexity index is 285. The van der Waals surface area contributed by atoms with Crippen molar-refractivity contribution in [2.24, 2.45) is 5.73 Å². The molecule has 2 fully saturated rings. The Morgan fingerprint density at radius 2 is 2.12 bits per heavy atom. The van der Waals surface area contributed by atoms with Crippen LogP contribution in [0.5, 0.6) is 0 Å². The van der Waals surface area contributed by atoms with Crippen LogP contribution in [-0.4, -0.2) is 29.7 Å². The first-order valence-electron chi connectivity index (χ1n) is 6.15. The van der Waals surface area contributed by atoms with Crippen LogP contribution in [0, 0.1) is 0 Å². The van der Waals surface area contributed by atoms with Gasteiger partial charge in [-0.05, 0) is 46.0 Å². The highest BCUT2D eigenvalue weighted by atomic mass is 16.5. The second-order valence-corrected chi connectivity index (χ2v) is 5.78. The molecule has 92 valence electrons. The van der Waals surface area contributed by atoms with Gasteiger partial charge in [0.2, 0.25) is 5.91 Å². The summed E-state index contributed by atoms with van der Waals surface area (Å²) < 4.78 is 5.62.